The number of carbonyl (C=O) groups is 2. The number of nitrogens with zero attached hydrogens (tertiary/aromatic N) is 2. The van der Waals surface area contributed by atoms with E-state index in [4.69, 9.17) is 9.47 Å². The molecule has 5 aliphatic carbocycles. The molecule has 1 aromatic heterocycles. The van der Waals surface area contributed by atoms with Crippen molar-refractivity contribution >= 4 is 18.0 Å². The number of aromatic nitrogens is 2. The lowest BCUT2D eigenvalue weighted by atomic mass is 9.55. The Morgan fingerprint density at radius 2 is 2.02 bits per heavy atom. The molecule has 5 saturated carbocycles. The zero-order valence-corrected chi connectivity index (χ0v) is 23.5. The number of benzene rings is 1. The molecule has 6 unspecified atom stereocenters. The summed E-state index contributed by atoms with van der Waals surface area (Å²) in [6.07, 6.45) is 17.6. The van der Waals surface area contributed by atoms with E-state index in [1.54, 1.807) is 23.9 Å². The highest BCUT2D eigenvalue weighted by Crippen LogP contribution is 2.75. The molecule has 7 rings (SSSR count). The first kappa shape index (κ1) is 25.8. The molecule has 1 amide bonds. The van der Waals surface area contributed by atoms with E-state index in [-0.39, 0.29) is 17.9 Å². The van der Waals surface area contributed by atoms with Crippen molar-refractivity contribution in [3.05, 3.63) is 47.7 Å². The van der Waals surface area contributed by atoms with Crippen LogP contribution in [-0.4, -0.2) is 40.9 Å². The van der Waals surface area contributed by atoms with Crippen LogP contribution >= 0.6 is 0 Å². The Labute approximate surface area is 236 Å². The summed E-state index contributed by atoms with van der Waals surface area (Å²) >= 11 is 0. The molecule has 40 heavy (non-hydrogen) atoms. The standard InChI is InChI=1S/C33H41N3O4/c1-2-39-29(37)12-11-21-9-6-10-26(15-21)36-32(40-20-22-7-4-3-5-8-22)27(19-34-36)31(38)35-30-24-13-23-14-25-16-28(30)33(25,17-23)18-24/h6,9-12,15,19,22-25,28,30H,2-5,7-8,13-14,16-18,20H2,1H3,(H,35,38)/b12-11+. The molecular formula is C33H41N3O4. The van der Waals surface area contributed by atoms with Gasteiger partial charge in [0.25, 0.3) is 5.91 Å². The summed E-state index contributed by atoms with van der Waals surface area (Å²) in [4.78, 5) is 25.7. The van der Waals surface area contributed by atoms with Crippen molar-refractivity contribution in [1.29, 1.82) is 0 Å². The van der Waals surface area contributed by atoms with Gasteiger partial charge in [-0.1, -0.05) is 31.4 Å². The van der Waals surface area contributed by atoms with E-state index in [9.17, 15) is 9.59 Å². The Kier molecular flexibility index (Phi) is 6.71. The molecule has 1 aromatic carbocycles. The fraction of sp³-hybridized carbons (Fsp3) is 0.606. The highest BCUT2D eigenvalue weighted by molar-refractivity contribution is 5.96. The Hall–Kier alpha value is -3.09. The van der Waals surface area contributed by atoms with Gasteiger partial charge in [0.1, 0.15) is 5.56 Å². The highest BCUT2D eigenvalue weighted by atomic mass is 16.5. The van der Waals surface area contributed by atoms with E-state index in [1.165, 1.54) is 70.3 Å². The van der Waals surface area contributed by atoms with E-state index in [1.807, 2.05) is 24.3 Å². The van der Waals surface area contributed by atoms with Crippen LogP contribution in [0.2, 0.25) is 0 Å². The predicted molar refractivity (Wildman–Crippen MR) is 152 cm³/mol. The van der Waals surface area contributed by atoms with E-state index in [0.717, 1.165) is 23.1 Å². The first-order chi connectivity index (χ1) is 19.5. The maximum Gasteiger partial charge on any atom is 0.330 e. The van der Waals surface area contributed by atoms with Crippen molar-refractivity contribution in [3.8, 4) is 11.6 Å². The number of carbonyl (C=O) groups excluding carboxylic acids is 2. The molecule has 2 aromatic rings. The number of hydrogen-bond donors (Lipinski definition) is 1. The van der Waals surface area contributed by atoms with Crippen molar-refractivity contribution in [1.82, 2.24) is 15.1 Å². The molecule has 3 bridgehead atoms. The third-order valence-corrected chi connectivity index (χ3v) is 10.9. The lowest BCUT2D eigenvalue weighted by molar-refractivity contribution is -0.137. The highest BCUT2D eigenvalue weighted by Gasteiger charge is 2.70. The molecule has 7 heteroatoms. The quantitative estimate of drug-likeness (QED) is 0.312. The minimum atomic E-state index is -0.371. The summed E-state index contributed by atoms with van der Waals surface area (Å²) in [5.41, 5.74) is 2.67. The smallest absolute Gasteiger partial charge is 0.330 e. The lowest BCUT2D eigenvalue weighted by Crippen LogP contribution is -2.51. The summed E-state index contributed by atoms with van der Waals surface area (Å²) in [5, 5.41) is 8.16. The molecule has 0 aliphatic heterocycles. The summed E-state index contributed by atoms with van der Waals surface area (Å²) < 4.78 is 13.2. The van der Waals surface area contributed by atoms with Crippen molar-refractivity contribution < 1.29 is 19.1 Å². The zero-order chi connectivity index (χ0) is 27.3. The summed E-state index contributed by atoms with van der Waals surface area (Å²) in [5.74, 6) is 3.62. The van der Waals surface area contributed by atoms with Crippen LogP contribution in [0.3, 0.4) is 0 Å². The molecule has 1 heterocycles. The number of amides is 1. The third kappa shape index (κ3) is 4.46. The van der Waals surface area contributed by atoms with Crippen molar-refractivity contribution in [2.45, 2.75) is 77.2 Å². The average molecular weight is 544 g/mol. The van der Waals surface area contributed by atoms with Gasteiger partial charge in [-0.15, -0.1) is 0 Å². The van der Waals surface area contributed by atoms with E-state index in [2.05, 4.69) is 10.4 Å². The van der Waals surface area contributed by atoms with E-state index in [0.29, 0.717) is 47.8 Å². The first-order valence-corrected chi connectivity index (χ1v) is 15.5. The summed E-state index contributed by atoms with van der Waals surface area (Å²) in [6, 6.07) is 8.03. The van der Waals surface area contributed by atoms with Crippen LogP contribution in [0, 0.1) is 35.0 Å². The van der Waals surface area contributed by atoms with Crippen molar-refractivity contribution in [2.24, 2.45) is 35.0 Å². The van der Waals surface area contributed by atoms with Crippen LogP contribution in [0.25, 0.3) is 11.8 Å². The number of rotatable bonds is 9. The average Bonchev–Trinajstić information content (AvgIpc) is 3.53. The second-order valence-corrected chi connectivity index (χ2v) is 13.0. The molecular weight excluding hydrogens is 502 g/mol. The Morgan fingerprint density at radius 1 is 1.15 bits per heavy atom. The van der Waals surface area contributed by atoms with Gasteiger partial charge in [-0.3, -0.25) is 4.79 Å². The topological polar surface area (TPSA) is 82.5 Å². The van der Waals surface area contributed by atoms with E-state index < -0.39 is 0 Å². The number of ether oxygens (including phenoxy) is 2. The SMILES string of the molecule is CCOC(=O)/C=C/c1cccc(-n2ncc(C(=O)NC3C4CC5CC6CC3C6(C5)C4)c2OCC2CCCCC2)c1. The summed E-state index contributed by atoms with van der Waals surface area (Å²) in [6.45, 7) is 2.72. The molecule has 5 fully saturated rings. The molecule has 5 aliphatic rings. The number of nitrogens with one attached hydrogen (secondary N) is 1. The van der Waals surface area contributed by atoms with Crippen LogP contribution < -0.4 is 10.1 Å². The summed E-state index contributed by atoms with van der Waals surface area (Å²) in [7, 11) is 0. The van der Waals surface area contributed by atoms with Crippen LogP contribution in [0.1, 0.15) is 87.1 Å². The van der Waals surface area contributed by atoms with Crippen molar-refractivity contribution in [3.63, 3.8) is 0 Å². The molecule has 0 saturated heterocycles. The Bertz CT molecular complexity index is 1310. The monoisotopic (exact) mass is 543 g/mol. The second kappa shape index (κ2) is 10.4. The Balaban J connectivity index is 1.14. The minimum Gasteiger partial charge on any atom is -0.477 e. The molecule has 7 nitrogen and oxygen atoms in total. The van der Waals surface area contributed by atoms with Gasteiger partial charge < -0.3 is 14.8 Å². The molecule has 1 spiro atoms. The predicted octanol–water partition coefficient (Wildman–Crippen LogP) is 5.96. The molecule has 212 valence electrons. The maximum absolute atomic E-state index is 13.9. The van der Waals surface area contributed by atoms with Crippen LogP contribution in [0.4, 0.5) is 0 Å². The zero-order valence-electron chi connectivity index (χ0n) is 23.5. The minimum absolute atomic E-state index is 0.0588. The van der Waals surface area contributed by atoms with Crippen molar-refractivity contribution in [2.75, 3.05) is 13.2 Å². The Morgan fingerprint density at radius 3 is 2.88 bits per heavy atom. The van der Waals surface area contributed by atoms with E-state index >= 15 is 0 Å². The van der Waals surface area contributed by atoms with Gasteiger partial charge in [0, 0.05) is 12.1 Å². The van der Waals surface area contributed by atoms with Gasteiger partial charge >= 0.3 is 5.97 Å². The first-order valence-electron chi connectivity index (χ1n) is 15.5. The van der Waals surface area contributed by atoms with Crippen LogP contribution in [0.5, 0.6) is 5.88 Å². The van der Waals surface area contributed by atoms with Crippen LogP contribution in [-0.2, 0) is 9.53 Å². The fourth-order valence-corrected chi connectivity index (χ4v) is 9.21. The van der Waals surface area contributed by atoms with Gasteiger partial charge in [0.15, 0.2) is 0 Å². The van der Waals surface area contributed by atoms with Crippen LogP contribution in [0.15, 0.2) is 36.5 Å². The molecule has 1 N–H and O–H groups in total. The lowest BCUT2D eigenvalue weighted by Gasteiger charge is -2.50. The normalized spacial score (nSPS) is 32.2. The number of fused-ring (bicyclic) bond motifs is 2. The second-order valence-electron chi connectivity index (χ2n) is 13.0. The molecule has 6 atom stereocenters. The van der Waals surface area contributed by atoms with Gasteiger partial charge in [0.05, 0.1) is 25.1 Å². The fourth-order valence-electron chi connectivity index (χ4n) is 9.21. The van der Waals surface area contributed by atoms with Gasteiger partial charge in [0.2, 0.25) is 5.88 Å². The number of esters is 1. The third-order valence-electron chi connectivity index (χ3n) is 10.9. The van der Waals surface area contributed by atoms with Gasteiger partial charge in [-0.2, -0.15) is 5.10 Å². The maximum atomic E-state index is 13.9. The molecule has 0 radical (unpaired) electrons. The largest absolute Gasteiger partial charge is 0.477 e. The number of hydrogen-bond acceptors (Lipinski definition) is 5. The van der Waals surface area contributed by atoms with Gasteiger partial charge in [-0.25, -0.2) is 9.48 Å². The van der Waals surface area contributed by atoms with Gasteiger partial charge in [-0.05, 0) is 111 Å².